The van der Waals surface area contributed by atoms with E-state index >= 15 is 0 Å². The number of para-hydroxylation sites is 2. The predicted octanol–water partition coefficient (Wildman–Crippen LogP) is 15.8. The van der Waals surface area contributed by atoms with Gasteiger partial charge in [0.1, 0.15) is 11.6 Å². The topological polar surface area (TPSA) is 48.1 Å². The van der Waals surface area contributed by atoms with Crippen LogP contribution in [-0.2, 0) is 42.7 Å². The molecule has 0 radical (unpaired) electrons. The van der Waals surface area contributed by atoms with Gasteiger partial charge in [-0.15, -0.1) is 34.8 Å². The van der Waals surface area contributed by atoms with Gasteiger partial charge in [-0.3, -0.25) is 4.57 Å². The van der Waals surface area contributed by atoms with Crippen LogP contribution in [0.1, 0.15) is 103 Å². The maximum atomic E-state index is 5.70. The summed E-state index contributed by atoms with van der Waals surface area (Å²) in [6, 6.07) is 61.1. The first-order valence-corrected chi connectivity index (χ1v) is 23.6. The number of anilines is 3. The molecule has 0 unspecified atom stereocenters. The average molecular weight is 1070 g/mol. The van der Waals surface area contributed by atoms with E-state index in [0.29, 0.717) is 0 Å². The zero-order valence-electron chi connectivity index (χ0n) is 40.6. The molecule has 0 bridgehead atoms. The van der Waals surface area contributed by atoms with Crippen LogP contribution in [0.3, 0.4) is 0 Å². The molecule has 0 N–H and O–H groups in total. The van der Waals surface area contributed by atoms with Crippen LogP contribution in [0.4, 0.5) is 17.2 Å². The second kappa shape index (κ2) is 16.3. The zero-order valence-corrected chi connectivity index (χ0v) is 42.9. The number of hydrogen-bond acceptors (Lipinski definition) is 3. The first-order valence-electron chi connectivity index (χ1n) is 23.6. The monoisotopic (exact) mass is 1070 g/mol. The predicted molar refractivity (Wildman–Crippen MR) is 280 cm³/mol. The summed E-state index contributed by atoms with van der Waals surface area (Å²) < 4.78 is 2.32. The van der Waals surface area contributed by atoms with Crippen LogP contribution in [0, 0.1) is 6.07 Å². The quantitative estimate of drug-likeness (QED) is 0.156. The number of hydrogen-bond donors (Lipinski definition) is 0. The molecule has 7 aromatic carbocycles. The number of aromatic nitrogens is 4. The largest absolute Gasteiger partial charge is 2.00 e. The molecule has 0 saturated heterocycles. The molecule has 0 aliphatic carbocycles. The number of imidazole rings is 1. The van der Waals surface area contributed by atoms with Crippen molar-refractivity contribution in [3.8, 4) is 28.2 Å². The van der Waals surface area contributed by atoms with Gasteiger partial charge >= 0.3 is 21.1 Å². The Morgan fingerprint density at radius 3 is 2.01 bits per heavy atom. The molecule has 4 heterocycles. The van der Waals surface area contributed by atoms with E-state index in [4.69, 9.17) is 15.0 Å². The maximum Gasteiger partial charge on any atom is 2.00 e. The van der Waals surface area contributed by atoms with Gasteiger partial charge in [0, 0.05) is 28.6 Å². The van der Waals surface area contributed by atoms with Crippen molar-refractivity contribution < 1.29 is 21.1 Å². The van der Waals surface area contributed by atoms with E-state index in [1.807, 2.05) is 12.3 Å². The molecule has 6 heteroatoms. The molecule has 1 aliphatic heterocycles. The van der Waals surface area contributed by atoms with Gasteiger partial charge in [-0.1, -0.05) is 190 Å². The molecular formula is C62H57N5Pt. The summed E-state index contributed by atoms with van der Waals surface area (Å²) in [4.78, 5) is 18.5. The third-order valence-corrected chi connectivity index (χ3v) is 14.4. The fraction of sp³-hybridized carbons (Fsp3) is 0.226. The van der Waals surface area contributed by atoms with Crippen molar-refractivity contribution in [3.05, 3.63) is 203 Å². The Hall–Kier alpha value is -6.55. The summed E-state index contributed by atoms with van der Waals surface area (Å²) >= 11 is 0. The molecule has 340 valence electrons. The van der Waals surface area contributed by atoms with E-state index in [0.717, 1.165) is 67.5 Å². The minimum atomic E-state index is -0.317. The van der Waals surface area contributed by atoms with E-state index < -0.39 is 0 Å². The van der Waals surface area contributed by atoms with Gasteiger partial charge in [-0.05, 0) is 96.9 Å². The molecule has 3 aromatic heterocycles. The van der Waals surface area contributed by atoms with E-state index in [9.17, 15) is 0 Å². The van der Waals surface area contributed by atoms with Crippen LogP contribution in [0.25, 0.3) is 61.0 Å². The third kappa shape index (κ3) is 7.24. The van der Waals surface area contributed by atoms with E-state index in [1.165, 1.54) is 44.2 Å². The van der Waals surface area contributed by atoms with Crippen LogP contribution in [0.5, 0.6) is 0 Å². The summed E-state index contributed by atoms with van der Waals surface area (Å²) in [5.74, 6) is 1.71. The van der Waals surface area contributed by atoms with Crippen molar-refractivity contribution in [1.82, 2.24) is 19.5 Å². The Morgan fingerprint density at radius 2 is 1.31 bits per heavy atom. The van der Waals surface area contributed by atoms with Crippen molar-refractivity contribution in [2.24, 2.45) is 0 Å². The zero-order chi connectivity index (χ0) is 46.6. The average Bonchev–Trinajstić information content (AvgIpc) is 3.90. The Labute approximate surface area is 415 Å². The molecule has 1 aliphatic rings. The van der Waals surface area contributed by atoms with Gasteiger partial charge in [0.05, 0.1) is 11.0 Å². The molecular weight excluding hydrogens is 1010 g/mol. The summed E-state index contributed by atoms with van der Waals surface area (Å²) in [6.07, 6.45) is 1.88. The second-order valence-corrected chi connectivity index (χ2v) is 21.5. The molecule has 11 rings (SSSR count). The number of fused-ring (bicyclic) bond motifs is 6. The van der Waals surface area contributed by atoms with Crippen molar-refractivity contribution in [3.63, 3.8) is 0 Å². The summed E-state index contributed by atoms with van der Waals surface area (Å²) in [7, 11) is 0. The molecule has 0 spiro atoms. The molecule has 0 atom stereocenters. The molecule has 0 fully saturated rings. The SMILES string of the molecule is CC(C)(C)c1ccc2[n-]c3c(-c4nc5c(-c6[c-]c7c(cc6)C(C)(C)c6ccc(C(C)(C)c8ccccc8)cc6N7c6ccccn6)cccc5n4-c4ccccc4)ccc(C(C)(C)C)c3c2c1.[Pt+2]. The van der Waals surface area contributed by atoms with E-state index in [-0.39, 0.29) is 42.7 Å². The van der Waals surface area contributed by atoms with Crippen LogP contribution in [-0.4, -0.2) is 14.5 Å². The Morgan fingerprint density at radius 1 is 0.603 bits per heavy atom. The summed E-state index contributed by atoms with van der Waals surface area (Å²) in [5, 5.41) is 2.40. The smallest absolute Gasteiger partial charge is 0.656 e. The minimum absolute atomic E-state index is 0. The number of benzene rings is 7. The third-order valence-electron chi connectivity index (χ3n) is 14.4. The molecule has 0 saturated carbocycles. The fourth-order valence-electron chi connectivity index (χ4n) is 10.5. The Bertz CT molecular complexity index is 3530. The Kier molecular flexibility index (Phi) is 10.9. The number of rotatable bonds is 6. The molecule has 68 heavy (non-hydrogen) atoms. The first kappa shape index (κ1) is 45.2. The number of nitrogens with zero attached hydrogens (tertiary/aromatic N) is 5. The van der Waals surface area contributed by atoms with Gasteiger partial charge in [0.2, 0.25) is 0 Å². The van der Waals surface area contributed by atoms with E-state index in [1.54, 1.807) is 0 Å². The first-order chi connectivity index (χ1) is 32.0. The van der Waals surface area contributed by atoms with Crippen molar-refractivity contribution in [1.29, 1.82) is 0 Å². The van der Waals surface area contributed by atoms with Gasteiger partial charge in [-0.25, -0.2) is 9.97 Å². The molecule has 0 amide bonds. The fourth-order valence-corrected chi connectivity index (χ4v) is 10.5. The van der Waals surface area contributed by atoms with Crippen LogP contribution in [0.2, 0.25) is 0 Å². The summed E-state index contributed by atoms with van der Waals surface area (Å²) in [5.41, 5.74) is 16.9. The van der Waals surface area contributed by atoms with E-state index in [2.05, 4.69) is 236 Å². The van der Waals surface area contributed by atoms with Gasteiger partial charge in [0.15, 0.2) is 0 Å². The summed E-state index contributed by atoms with van der Waals surface area (Å²) in [6.45, 7) is 23.0. The minimum Gasteiger partial charge on any atom is -0.656 e. The number of pyridine rings is 1. The normalized spacial score (nSPS) is 13.7. The van der Waals surface area contributed by atoms with Crippen LogP contribution >= 0.6 is 0 Å². The van der Waals surface area contributed by atoms with Crippen molar-refractivity contribution in [2.75, 3.05) is 4.90 Å². The van der Waals surface area contributed by atoms with Crippen molar-refractivity contribution >= 4 is 50.0 Å². The standard InChI is InChI=1S/C62H57N5.Pt/c1-59(2,3)41-29-34-50-46(37-41)55-49(60(4,5)6)33-30-45(57(55)64-50)58-65-56-44(24-19-25-51(56)66(58)43-22-15-12-16-23-43)39-27-31-47-52(36-39)67(54-26-17-18-35-63-54)53-38-42(28-32-48(53)62(47,9)10)61(7,8)40-20-13-11-14-21-40;/h11-35,37-38H,1-10H3;/q-2;+2. The van der Waals surface area contributed by atoms with Crippen molar-refractivity contribution in [2.45, 2.75) is 90.9 Å². The van der Waals surface area contributed by atoms with Gasteiger partial charge in [0.25, 0.3) is 0 Å². The maximum absolute atomic E-state index is 5.70. The second-order valence-electron chi connectivity index (χ2n) is 21.5. The van der Waals surface area contributed by atoms with Crippen LogP contribution in [0.15, 0.2) is 164 Å². The van der Waals surface area contributed by atoms with Gasteiger partial charge in [-0.2, -0.15) is 0 Å². The van der Waals surface area contributed by atoms with Crippen LogP contribution < -0.4 is 9.88 Å². The Balaban J connectivity index is 0.00000539. The van der Waals surface area contributed by atoms with Gasteiger partial charge < -0.3 is 9.88 Å². The molecule has 5 nitrogen and oxygen atoms in total. The molecule has 10 aromatic rings.